The molecule has 3 rings (SSSR count). The molecule has 2 amide bonds. The first-order chi connectivity index (χ1) is 10.7. The summed E-state index contributed by atoms with van der Waals surface area (Å²) in [5.41, 5.74) is 2.22. The highest BCUT2D eigenvalue weighted by Gasteiger charge is 2.32. The van der Waals surface area contributed by atoms with Crippen molar-refractivity contribution in [3.05, 3.63) is 71.8 Å². The second kappa shape index (κ2) is 6.56. The summed E-state index contributed by atoms with van der Waals surface area (Å²) >= 11 is 0. The Kier molecular flexibility index (Phi) is 4.33. The van der Waals surface area contributed by atoms with Crippen LogP contribution in [-0.4, -0.2) is 23.3 Å². The molecule has 3 nitrogen and oxygen atoms in total. The fourth-order valence-electron chi connectivity index (χ4n) is 2.95. The lowest BCUT2D eigenvalue weighted by molar-refractivity contribution is -0.148. The Hall–Kier alpha value is -2.42. The normalized spacial score (nSPS) is 16.1. The highest BCUT2D eigenvalue weighted by atomic mass is 16.2. The molecule has 1 fully saturated rings. The standard InChI is InChI=1S/C19H19NO2/c21-18-13-17(16-9-5-2-6-10-16)14-19(22)20(18)12-11-15-7-3-1-4-8-15/h1-10,17H,11-14H2. The maximum absolute atomic E-state index is 12.3. The maximum atomic E-state index is 12.3. The van der Waals surface area contributed by atoms with Gasteiger partial charge in [0.2, 0.25) is 11.8 Å². The van der Waals surface area contributed by atoms with E-state index in [1.807, 2.05) is 60.7 Å². The first-order valence-corrected chi connectivity index (χ1v) is 7.66. The molecule has 2 aromatic rings. The molecule has 0 atom stereocenters. The number of carbonyl (C=O) groups is 2. The van der Waals surface area contributed by atoms with E-state index in [1.54, 1.807) is 0 Å². The van der Waals surface area contributed by atoms with Gasteiger partial charge in [0.1, 0.15) is 0 Å². The number of nitrogens with zero attached hydrogens (tertiary/aromatic N) is 1. The van der Waals surface area contributed by atoms with Crippen LogP contribution in [0.25, 0.3) is 0 Å². The number of rotatable bonds is 4. The summed E-state index contributed by atoms with van der Waals surface area (Å²) < 4.78 is 0. The Labute approximate surface area is 130 Å². The first kappa shape index (κ1) is 14.5. The van der Waals surface area contributed by atoms with Crippen LogP contribution in [0.3, 0.4) is 0 Å². The van der Waals surface area contributed by atoms with Crippen molar-refractivity contribution in [2.75, 3.05) is 6.54 Å². The molecule has 1 saturated heterocycles. The molecule has 1 aliphatic heterocycles. The molecule has 0 saturated carbocycles. The van der Waals surface area contributed by atoms with E-state index in [2.05, 4.69) is 0 Å². The van der Waals surface area contributed by atoms with Gasteiger partial charge in [0, 0.05) is 25.3 Å². The summed E-state index contributed by atoms with van der Waals surface area (Å²) in [6.07, 6.45) is 1.56. The van der Waals surface area contributed by atoms with Crippen LogP contribution in [0.1, 0.15) is 29.9 Å². The lowest BCUT2D eigenvalue weighted by Gasteiger charge is -2.30. The molecule has 0 radical (unpaired) electrons. The minimum Gasteiger partial charge on any atom is -0.282 e. The number of hydrogen-bond donors (Lipinski definition) is 0. The van der Waals surface area contributed by atoms with Gasteiger partial charge in [0.15, 0.2) is 0 Å². The quantitative estimate of drug-likeness (QED) is 0.812. The number of piperidine rings is 1. The molecule has 2 aromatic carbocycles. The fraction of sp³-hybridized carbons (Fsp3) is 0.263. The number of imide groups is 1. The second-order valence-electron chi connectivity index (χ2n) is 5.69. The van der Waals surface area contributed by atoms with Crippen molar-refractivity contribution in [1.82, 2.24) is 4.90 Å². The SMILES string of the molecule is O=C1CC(c2ccccc2)CC(=O)N1CCc1ccccc1. The maximum Gasteiger partial charge on any atom is 0.229 e. The Balaban J connectivity index is 1.64. The van der Waals surface area contributed by atoms with E-state index in [4.69, 9.17) is 0 Å². The van der Waals surface area contributed by atoms with Crippen LogP contribution in [0, 0.1) is 0 Å². The molecule has 0 spiro atoms. The van der Waals surface area contributed by atoms with Gasteiger partial charge in [-0.1, -0.05) is 60.7 Å². The van der Waals surface area contributed by atoms with Crippen molar-refractivity contribution >= 4 is 11.8 Å². The summed E-state index contributed by atoms with van der Waals surface area (Å²) in [5.74, 6) is -0.0868. The summed E-state index contributed by atoms with van der Waals surface area (Å²) in [7, 11) is 0. The van der Waals surface area contributed by atoms with Crippen LogP contribution in [-0.2, 0) is 16.0 Å². The van der Waals surface area contributed by atoms with Gasteiger partial charge in [-0.25, -0.2) is 0 Å². The Bertz CT molecular complexity index is 634. The summed E-state index contributed by atoms with van der Waals surface area (Å²) in [5, 5.41) is 0. The third-order valence-corrected chi connectivity index (χ3v) is 4.18. The van der Waals surface area contributed by atoms with Crippen molar-refractivity contribution in [2.45, 2.75) is 25.2 Å². The van der Waals surface area contributed by atoms with Gasteiger partial charge in [0.05, 0.1) is 0 Å². The van der Waals surface area contributed by atoms with Crippen molar-refractivity contribution in [3.8, 4) is 0 Å². The van der Waals surface area contributed by atoms with Gasteiger partial charge in [0.25, 0.3) is 0 Å². The van der Waals surface area contributed by atoms with Crippen molar-refractivity contribution in [2.24, 2.45) is 0 Å². The summed E-state index contributed by atoms with van der Waals surface area (Å²) in [6.45, 7) is 0.475. The number of likely N-dealkylation sites (tertiary alicyclic amines) is 1. The zero-order chi connectivity index (χ0) is 15.4. The largest absolute Gasteiger partial charge is 0.282 e. The van der Waals surface area contributed by atoms with Gasteiger partial charge in [-0.15, -0.1) is 0 Å². The van der Waals surface area contributed by atoms with Crippen LogP contribution in [0.15, 0.2) is 60.7 Å². The van der Waals surface area contributed by atoms with E-state index < -0.39 is 0 Å². The molecule has 3 heteroatoms. The van der Waals surface area contributed by atoms with Crippen molar-refractivity contribution in [1.29, 1.82) is 0 Å². The molecule has 0 unspecified atom stereocenters. The molecule has 0 N–H and O–H groups in total. The van der Waals surface area contributed by atoms with Crippen LogP contribution < -0.4 is 0 Å². The highest BCUT2D eigenvalue weighted by molar-refractivity contribution is 5.98. The van der Waals surface area contributed by atoms with E-state index in [0.29, 0.717) is 25.8 Å². The van der Waals surface area contributed by atoms with Gasteiger partial charge in [-0.2, -0.15) is 0 Å². The molecular weight excluding hydrogens is 274 g/mol. The first-order valence-electron chi connectivity index (χ1n) is 7.66. The van der Waals surface area contributed by atoms with Crippen LogP contribution >= 0.6 is 0 Å². The van der Waals surface area contributed by atoms with Gasteiger partial charge >= 0.3 is 0 Å². The van der Waals surface area contributed by atoms with Crippen LogP contribution in [0.2, 0.25) is 0 Å². The van der Waals surface area contributed by atoms with Crippen molar-refractivity contribution in [3.63, 3.8) is 0 Å². The monoisotopic (exact) mass is 293 g/mol. The van der Waals surface area contributed by atoms with E-state index in [-0.39, 0.29) is 17.7 Å². The molecule has 0 bridgehead atoms. The van der Waals surface area contributed by atoms with Crippen LogP contribution in [0.4, 0.5) is 0 Å². The number of carbonyl (C=O) groups excluding carboxylic acids is 2. The third kappa shape index (κ3) is 3.25. The minimum absolute atomic E-state index is 0.0224. The second-order valence-corrected chi connectivity index (χ2v) is 5.69. The predicted molar refractivity (Wildman–Crippen MR) is 85.3 cm³/mol. The Morgan fingerprint density at radius 3 is 1.95 bits per heavy atom. The molecule has 0 aliphatic carbocycles. The minimum atomic E-state index is -0.0546. The van der Waals surface area contributed by atoms with E-state index in [9.17, 15) is 9.59 Å². The van der Waals surface area contributed by atoms with Gasteiger partial charge in [-0.05, 0) is 17.5 Å². The van der Waals surface area contributed by atoms with Crippen LogP contribution in [0.5, 0.6) is 0 Å². The molecule has 22 heavy (non-hydrogen) atoms. The summed E-state index contributed by atoms with van der Waals surface area (Å²) in [6, 6.07) is 19.8. The zero-order valence-corrected chi connectivity index (χ0v) is 12.4. The molecule has 0 aromatic heterocycles. The van der Waals surface area contributed by atoms with Gasteiger partial charge in [-0.3, -0.25) is 14.5 Å². The van der Waals surface area contributed by atoms with Gasteiger partial charge < -0.3 is 0 Å². The summed E-state index contributed by atoms with van der Waals surface area (Å²) in [4.78, 5) is 26.1. The average Bonchev–Trinajstić information content (AvgIpc) is 2.56. The lowest BCUT2D eigenvalue weighted by Crippen LogP contribution is -2.43. The van der Waals surface area contributed by atoms with Crippen molar-refractivity contribution < 1.29 is 9.59 Å². The molecule has 112 valence electrons. The zero-order valence-electron chi connectivity index (χ0n) is 12.4. The Morgan fingerprint density at radius 1 is 0.818 bits per heavy atom. The number of amides is 2. The van der Waals surface area contributed by atoms with E-state index in [1.165, 1.54) is 4.90 Å². The predicted octanol–water partition coefficient (Wildman–Crippen LogP) is 3.16. The molecule has 1 heterocycles. The topological polar surface area (TPSA) is 37.4 Å². The fourth-order valence-corrected chi connectivity index (χ4v) is 2.95. The average molecular weight is 293 g/mol. The number of hydrogen-bond acceptors (Lipinski definition) is 2. The lowest BCUT2D eigenvalue weighted by atomic mass is 9.88. The highest BCUT2D eigenvalue weighted by Crippen LogP contribution is 2.29. The smallest absolute Gasteiger partial charge is 0.229 e. The number of benzene rings is 2. The molecule has 1 aliphatic rings. The van der Waals surface area contributed by atoms with E-state index >= 15 is 0 Å². The third-order valence-electron chi connectivity index (χ3n) is 4.18. The Morgan fingerprint density at radius 2 is 1.36 bits per heavy atom. The van der Waals surface area contributed by atoms with E-state index in [0.717, 1.165) is 11.1 Å². The molecular formula is C19H19NO2.